The van der Waals surface area contributed by atoms with E-state index in [0.717, 1.165) is 48.9 Å². The van der Waals surface area contributed by atoms with Gasteiger partial charge in [0.2, 0.25) is 0 Å². The van der Waals surface area contributed by atoms with E-state index in [-0.39, 0.29) is 5.41 Å². The maximum atomic E-state index is 12.1. The van der Waals surface area contributed by atoms with Crippen LogP contribution in [0.4, 0.5) is 0 Å². The average molecular weight is 403 g/mol. The van der Waals surface area contributed by atoms with Gasteiger partial charge in [0, 0.05) is 18.3 Å². The van der Waals surface area contributed by atoms with Gasteiger partial charge in [-0.05, 0) is 85.9 Å². The van der Waals surface area contributed by atoms with Gasteiger partial charge in [0.25, 0.3) is 0 Å². The Balaban J connectivity index is 1.50. The van der Waals surface area contributed by atoms with Gasteiger partial charge in [0.15, 0.2) is 0 Å². The van der Waals surface area contributed by atoms with Crippen molar-refractivity contribution in [2.75, 3.05) is 0 Å². The van der Waals surface area contributed by atoms with Crippen LogP contribution in [-0.4, -0.2) is 16.5 Å². The van der Waals surface area contributed by atoms with E-state index in [4.69, 9.17) is 0 Å². The molecular formula is C27H46O2. The first kappa shape index (κ1) is 21.8. The molecule has 0 radical (unpaired) electrons. The molecule has 166 valence electrons. The summed E-state index contributed by atoms with van der Waals surface area (Å²) in [4.78, 5) is 12.1. The molecule has 0 unspecified atom stereocenters. The summed E-state index contributed by atoms with van der Waals surface area (Å²) in [5, 5.41) is 11.5. The first-order valence-corrected chi connectivity index (χ1v) is 12.8. The van der Waals surface area contributed by atoms with Crippen molar-refractivity contribution < 1.29 is 9.90 Å². The Morgan fingerprint density at radius 3 is 2.45 bits per heavy atom. The highest BCUT2D eigenvalue weighted by atomic mass is 16.3. The number of rotatable bonds is 5. The number of hydrogen-bond acceptors (Lipinski definition) is 2. The number of aliphatic hydroxyl groups is 1. The summed E-state index contributed by atoms with van der Waals surface area (Å²) in [5.74, 6) is 5.11. The fourth-order valence-electron chi connectivity index (χ4n) is 9.06. The predicted octanol–water partition coefficient (Wildman–Crippen LogP) is 6.79. The molecule has 4 fully saturated rings. The first-order chi connectivity index (χ1) is 13.6. The number of fused-ring (bicyclic) bond motifs is 5. The van der Waals surface area contributed by atoms with Crippen LogP contribution in [0.2, 0.25) is 0 Å². The van der Waals surface area contributed by atoms with Gasteiger partial charge in [0.1, 0.15) is 5.78 Å². The second kappa shape index (κ2) is 7.64. The van der Waals surface area contributed by atoms with Crippen LogP contribution < -0.4 is 0 Å². The van der Waals surface area contributed by atoms with Crippen molar-refractivity contribution in [1.82, 2.24) is 0 Å². The van der Waals surface area contributed by atoms with Gasteiger partial charge in [-0.25, -0.2) is 0 Å². The van der Waals surface area contributed by atoms with Crippen molar-refractivity contribution in [3.8, 4) is 0 Å². The highest BCUT2D eigenvalue weighted by Crippen LogP contribution is 2.69. The van der Waals surface area contributed by atoms with E-state index < -0.39 is 5.60 Å². The first-order valence-electron chi connectivity index (χ1n) is 12.8. The zero-order valence-corrected chi connectivity index (χ0v) is 19.8. The van der Waals surface area contributed by atoms with E-state index in [2.05, 4.69) is 34.6 Å². The second-order valence-electron chi connectivity index (χ2n) is 12.6. The number of Topliss-reactive ketones (excluding diaryl/α,β-unsaturated/α-hetero) is 1. The van der Waals surface area contributed by atoms with Gasteiger partial charge in [-0.15, -0.1) is 0 Å². The average Bonchev–Trinajstić information content (AvgIpc) is 2.99. The SMILES string of the molecule is CC(C)CCC[C@@H](C)[C@@H]1CC[C@@H]2[C@@H]3CC[C@@]4(O)CC(=O)CC[C@]4(C)[C@H]3CC[C@@]21C. The topological polar surface area (TPSA) is 37.3 Å². The molecule has 0 aromatic heterocycles. The molecule has 4 rings (SSSR count). The normalized spacial score (nSPS) is 48.2. The predicted molar refractivity (Wildman–Crippen MR) is 120 cm³/mol. The molecule has 8 atom stereocenters. The Kier molecular flexibility index (Phi) is 5.76. The Hall–Kier alpha value is -0.370. The van der Waals surface area contributed by atoms with E-state index in [0.29, 0.717) is 30.0 Å². The van der Waals surface area contributed by atoms with Crippen molar-refractivity contribution in [3.05, 3.63) is 0 Å². The van der Waals surface area contributed by atoms with Crippen molar-refractivity contribution in [1.29, 1.82) is 0 Å². The van der Waals surface area contributed by atoms with E-state index in [9.17, 15) is 9.90 Å². The largest absolute Gasteiger partial charge is 0.389 e. The molecule has 4 aliphatic rings. The maximum absolute atomic E-state index is 12.1. The van der Waals surface area contributed by atoms with Crippen molar-refractivity contribution >= 4 is 5.78 Å². The minimum Gasteiger partial charge on any atom is -0.389 e. The molecule has 0 heterocycles. The van der Waals surface area contributed by atoms with Gasteiger partial charge in [-0.1, -0.05) is 53.9 Å². The van der Waals surface area contributed by atoms with Gasteiger partial charge in [-0.2, -0.15) is 0 Å². The minimum atomic E-state index is -0.723. The second-order valence-corrected chi connectivity index (χ2v) is 12.6. The summed E-state index contributed by atoms with van der Waals surface area (Å²) in [6.07, 6.45) is 13.7. The summed E-state index contributed by atoms with van der Waals surface area (Å²) in [6.45, 7) is 12.2. The van der Waals surface area contributed by atoms with E-state index in [1.165, 1.54) is 44.9 Å². The fraction of sp³-hybridized carbons (Fsp3) is 0.963. The molecule has 1 N–H and O–H groups in total. The summed E-state index contributed by atoms with van der Waals surface area (Å²) in [7, 11) is 0. The van der Waals surface area contributed by atoms with Gasteiger partial charge in [0.05, 0.1) is 5.60 Å². The number of carbonyl (C=O) groups excluding carboxylic acids is 1. The Labute approximate surface area is 179 Å². The van der Waals surface area contributed by atoms with Crippen LogP contribution in [0.3, 0.4) is 0 Å². The molecule has 0 bridgehead atoms. The molecule has 29 heavy (non-hydrogen) atoms. The Morgan fingerprint density at radius 2 is 1.72 bits per heavy atom. The van der Waals surface area contributed by atoms with Crippen LogP contribution in [0.1, 0.15) is 112 Å². The van der Waals surface area contributed by atoms with E-state index >= 15 is 0 Å². The lowest BCUT2D eigenvalue weighted by Crippen LogP contribution is -2.62. The van der Waals surface area contributed by atoms with Gasteiger partial charge < -0.3 is 5.11 Å². The van der Waals surface area contributed by atoms with E-state index in [1.54, 1.807) is 0 Å². The van der Waals surface area contributed by atoms with Crippen LogP contribution in [0.25, 0.3) is 0 Å². The molecule has 0 aromatic rings. The van der Waals surface area contributed by atoms with Crippen LogP contribution in [-0.2, 0) is 4.79 Å². The molecule has 0 amide bonds. The van der Waals surface area contributed by atoms with Crippen molar-refractivity contribution in [3.63, 3.8) is 0 Å². The van der Waals surface area contributed by atoms with Crippen LogP contribution in [0.15, 0.2) is 0 Å². The smallest absolute Gasteiger partial charge is 0.135 e. The van der Waals surface area contributed by atoms with Crippen molar-refractivity contribution in [2.45, 2.75) is 117 Å². The molecule has 0 aromatic carbocycles. The molecule has 4 saturated carbocycles. The minimum absolute atomic E-state index is 0.0356. The lowest BCUT2D eigenvalue weighted by atomic mass is 9.43. The standard InChI is InChI=1S/C27H46O2/c1-18(2)7-6-8-19(3)22-9-10-23-21-12-16-27(29)17-20(28)11-15-26(27,5)24(21)13-14-25(22,23)4/h18-19,21-24,29H,6-17H2,1-5H3/t19-,21+,22+,23-,24+,25-,26-,27-/m1/s1. The van der Waals surface area contributed by atoms with E-state index in [1.807, 2.05) is 0 Å². The number of carbonyl (C=O) groups is 1. The Bertz CT molecular complexity index is 626. The molecule has 0 saturated heterocycles. The zero-order valence-electron chi connectivity index (χ0n) is 19.8. The molecule has 2 heteroatoms. The lowest BCUT2D eigenvalue weighted by Gasteiger charge is -2.63. The van der Waals surface area contributed by atoms with Crippen LogP contribution in [0, 0.1) is 46.3 Å². The summed E-state index contributed by atoms with van der Waals surface area (Å²) < 4.78 is 0. The summed E-state index contributed by atoms with van der Waals surface area (Å²) >= 11 is 0. The fourth-order valence-corrected chi connectivity index (χ4v) is 9.06. The monoisotopic (exact) mass is 402 g/mol. The number of hydrogen-bond donors (Lipinski definition) is 1. The molecular weight excluding hydrogens is 356 g/mol. The molecule has 0 spiro atoms. The molecule has 0 aliphatic heterocycles. The molecule has 4 aliphatic carbocycles. The third-order valence-electron chi connectivity index (χ3n) is 10.8. The highest BCUT2D eigenvalue weighted by Gasteiger charge is 2.64. The number of ketones is 1. The summed E-state index contributed by atoms with van der Waals surface area (Å²) in [6, 6.07) is 0. The Morgan fingerprint density at radius 1 is 0.966 bits per heavy atom. The highest BCUT2D eigenvalue weighted by molar-refractivity contribution is 5.80. The van der Waals surface area contributed by atoms with Gasteiger partial charge >= 0.3 is 0 Å². The van der Waals surface area contributed by atoms with Crippen LogP contribution >= 0.6 is 0 Å². The summed E-state index contributed by atoms with van der Waals surface area (Å²) in [5.41, 5.74) is -0.250. The third kappa shape index (κ3) is 3.44. The third-order valence-corrected chi connectivity index (χ3v) is 10.8. The lowest BCUT2D eigenvalue weighted by molar-refractivity contribution is -0.204. The van der Waals surface area contributed by atoms with Gasteiger partial charge in [-0.3, -0.25) is 4.79 Å². The maximum Gasteiger partial charge on any atom is 0.135 e. The van der Waals surface area contributed by atoms with Crippen LogP contribution in [0.5, 0.6) is 0 Å². The van der Waals surface area contributed by atoms with Crippen molar-refractivity contribution in [2.24, 2.45) is 46.3 Å². The quantitative estimate of drug-likeness (QED) is 0.549. The molecule has 2 nitrogen and oxygen atoms in total. The zero-order chi connectivity index (χ0) is 21.0.